The molecule has 0 amide bonds. The monoisotopic (exact) mass is 261 g/mol. The second kappa shape index (κ2) is 7.10. The first kappa shape index (κ1) is 15.4. The van der Waals surface area contributed by atoms with Gasteiger partial charge in [-0.1, -0.05) is 36.4 Å². The third-order valence-corrected chi connectivity index (χ3v) is 2.50. The van der Waals surface area contributed by atoms with E-state index in [0.717, 1.165) is 12.8 Å². The molecule has 0 spiro atoms. The van der Waals surface area contributed by atoms with Crippen molar-refractivity contribution in [2.75, 3.05) is 0 Å². The predicted octanol–water partition coefficient (Wildman–Crippen LogP) is 2.84. The number of esters is 1. The number of hydrogen-bond donors (Lipinski definition) is 1. The van der Waals surface area contributed by atoms with E-state index in [1.54, 1.807) is 6.08 Å². The van der Waals surface area contributed by atoms with E-state index in [0.29, 0.717) is 0 Å². The summed E-state index contributed by atoms with van der Waals surface area (Å²) in [4.78, 5) is 11.5. The molecule has 1 atom stereocenters. The van der Waals surface area contributed by atoms with Crippen LogP contribution in [0.5, 0.6) is 0 Å². The van der Waals surface area contributed by atoms with Crippen LogP contribution in [0.3, 0.4) is 0 Å². The van der Waals surface area contributed by atoms with Gasteiger partial charge >= 0.3 is 5.97 Å². The largest absolute Gasteiger partial charge is 0.457 e. The highest BCUT2D eigenvalue weighted by Crippen LogP contribution is 2.08. The van der Waals surface area contributed by atoms with Crippen molar-refractivity contribution in [2.45, 2.75) is 45.3 Å². The van der Waals surface area contributed by atoms with Crippen molar-refractivity contribution in [3.8, 4) is 0 Å². The Labute approximate surface area is 115 Å². The lowest BCUT2D eigenvalue weighted by Crippen LogP contribution is -2.23. The first-order chi connectivity index (χ1) is 8.87. The lowest BCUT2D eigenvalue weighted by Gasteiger charge is -2.18. The molecule has 0 fully saturated rings. The lowest BCUT2D eigenvalue weighted by atomic mass is 10.1. The molecule has 0 aliphatic heterocycles. The van der Waals surface area contributed by atoms with Crippen LogP contribution in [0.1, 0.15) is 32.8 Å². The molecule has 19 heavy (non-hydrogen) atoms. The highest BCUT2D eigenvalue weighted by atomic mass is 16.6. The Kier molecular flexibility index (Phi) is 5.77. The highest BCUT2D eigenvalue weighted by Gasteiger charge is 2.14. The predicted molar refractivity (Wildman–Crippen MR) is 77.7 cm³/mol. The number of carbonyl (C=O) groups excluding carboxylic acids is 1. The summed E-state index contributed by atoms with van der Waals surface area (Å²) >= 11 is 0. The number of carbonyl (C=O) groups is 1. The number of benzene rings is 1. The van der Waals surface area contributed by atoms with Crippen molar-refractivity contribution < 1.29 is 9.53 Å². The molecular formula is C16H23NO2. The maximum Gasteiger partial charge on any atom is 0.330 e. The maximum atomic E-state index is 11.5. The van der Waals surface area contributed by atoms with E-state index in [9.17, 15) is 4.79 Å². The first-order valence-electron chi connectivity index (χ1n) is 6.57. The van der Waals surface area contributed by atoms with E-state index in [2.05, 4.69) is 12.1 Å². The number of rotatable bonds is 5. The van der Waals surface area contributed by atoms with E-state index in [1.807, 2.05) is 39.0 Å². The number of nitrogens with two attached hydrogens (primary N) is 1. The summed E-state index contributed by atoms with van der Waals surface area (Å²) in [5.41, 5.74) is 6.73. The Morgan fingerprint density at radius 3 is 2.53 bits per heavy atom. The van der Waals surface area contributed by atoms with Crippen molar-refractivity contribution in [1.29, 1.82) is 0 Å². The third kappa shape index (κ3) is 7.42. The number of aryl methyl sites for hydroxylation is 1. The van der Waals surface area contributed by atoms with Gasteiger partial charge in [0.2, 0.25) is 0 Å². The van der Waals surface area contributed by atoms with Gasteiger partial charge in [-0.3, -0.25) is 0 Å². The standard InChI is InChI=1S/C16H23NO2/c1-16(2,3)19-15(18)12-11-14(17)10-9-13-7-5-4-6-8-13/h4-8,11-12,14H,9-10,17H2,1-3H3. The molecule has 3 heteroatoms. The minimum absolute atomic E-state index is 0.132. The molecule has 0 aliphatic rings. The molecule has 2 N–H and O–H groups in total. The van der Waals surface area contributed by atoms with E-state index in [1.165, 1.54) is 11.6 Å². The van der Waals surface area contributed by atoms with Crippen molar-refractivity contribution >= 4 is 5.97 Å². The smallest absolute Gasteiger partial charge is 0.330 e. The first-order valence-corrected chi connectivity index (χ1v) is 6.57. The molecule has 0 aliphatic carbocycles. The zero-order valence-electron chi connectivity index (χ0n) is 11.9. The summed E-state index contributed by atoms with van der Waals surface area (Å²) in [5.74, 6) is -0.345. The molecule has 3 nitrogen and oxygen atoms in total. The van der Waals surface area contributed by atoms with Gasteiger partial charge in [0.05, 0.1) is 0 Å². The molecule has 0 radical (unpaired) electrons. The Morgan fingerprint density at radius 2 is 1.95 bits per heavy atom. The summed E-state index contributed by atoms with van der Waals surface area (Å²) in [6.45, 7) is 5.52. The summed E-state index contributed by atoms with van der Waals surface area (Å²) in [5, 5.41) is 0. The summed E-state index contributed by atoms with van der Waals surface area (Å²) < 4.78 is 5.17. The van der Waals surface area contributed by atoms with Crippen LogP contribution in [0.25, 0.3) is 0 Å². The Balaban J connectivity index is 2.35. The molecule has 0 saturated carbocycles. The lowest BCUT2D eigenvalue weighted by molar-refractivity contribution is -0.148. The molecule has 0 bridgehead atoms. The van der Waals surface area contributed by atoms with Gasteiger partial charge in [-0.25, -0.2) is 4.79 Å². The molecule has 0 saturated heterocycles. The Hall–Kier alpha value is -1.61. The van der Waals surface area contributed by atoms with Crippen molar-refractivity contribution in [1.82, 2.24) is 0 Å². The average Bonchev–Trinajstić information content (AvgIpc) is 2.33. The normalized spacial score (nSPS) is 13.5. The van der Waals surface area contributed by atoms with E-state index in [-0.39, 0.29) is 12.0 Å². The Bertz CT molecular complexity index is 418. The van der Waals surface area contributed by atoms with Crippen LogP contribution >= 0.6 is 0 Å². The molecule has 1 rings (SSSR count). The second-order valence-corrected chi connectivity index (χ2v) is 5.58. The van der Waals surface area contributed by atoms with Crippen LogP contribution in [0.4, 0.5) is 0 Å². The van der Waals surface area contributed by atoms with Gasteiger partial charge in [-0.2, -0.15) is 0 Å². The maximum absolute atomic E-state index is 11.5. The molecular weight excluding hydrogens is 238 g/mol. The van der Waals surface area contributed by atoms with Crippen LogP contribution in [0, 0.1) is 0 Å². The minimum Gasteiger partial charge on any atom is -0.457 e. The highest BCUT2D eigenvalue weighted by molar-refractivity contribution is 5.82. The molecule has 0 aromatic heterocycles. The Morgan fingerprint density at radius 1 is 1.32 bits per heavy atom. The van der Waals surface area contributed by atoms with Crippen molar-refractivity contribution in [3.63, 3.8) is 0 Å². The van der Waals surface area contributed by atoms with Gasteiger partial charge in [0, 0.05) is 12.1 Å². The molecule has 1 aromatic rings. The zero-order valence-corrected chi connectivity index (χ0v) is 11.9. The fraction of sp³-hybridized carbons (Fsp3) is 0.438. The molecule has 104 valence electrons. The quantitative estimate of drug-likeness (QED) is 0.655. The van der Waals surface area contributed by atoms with Crippen LogP contribution < -0.4 is 5.73 Å². The second-order valence-electron chi connectivity index (χ2n) is 5.58. The van der Waals surface area contributed by atoms with Crippen LogP contribution in [0.15, 0.2) is 42.5 Å². The average molecular weight is 261 g/mol. The topological polar surface area (TPSA) is 52.3 Å². The van der Waals surface area contributed by atoms with Gasteiger partial charge in [-0.05, 0) is 39.2 Å². The fourth-order valence-electron chi connectivity index (χ4n) is 1.61. The van der Waals surface area contributed by atoms with Gasteiger partial charge in [0.1, 0.15) is 5.60 Å². The molecule has 0 heterocycles. The zero-order chi connectivity index (χ0) is 14.3. The van der Waals surface area contributed by atoms with Gasteiger partial charge < -0.3 is 10.5 Å². The van der Waals surface area contributed by atoms with Gasteiger partial charge in [0.25, 0.3) is 0 Å². The fourth-order valence-corrected chi connectivity index (χ4v) is 1.61. The molecule has 1 aromatic carbocycles. The van der Waals surface area contributed by atoms with Crippen molar-refractivity contribution in [2.24, 2.45) is 5.73 Å². The molecule has 1 unspecified atom stereocenters. The summed E-state index contributed by atoms with van der Waals surface area (Å²) in [7, 11) is 0. The van der Waals surface area contributed by atoms with Crippen LogP contribution in [0.2, 0.25) is 0 Å². The van der Waals surface area contributed by atoms with E-state index >= 15 is 0 Å². The number of ether oxygens (including phenoxy) is 1. The van der Waals surface area contributed by atoms with E-state index < -0.39 is 5.60 Å². The third-order valence-electron chi connectivity index (χ3n) is 2.50. The van der Waals surface area contributed by atoms with Gasteiger partial charge in [0.15, 0.2) is 0 Å². The summed E-state index contributed by atoms with van der Waals surface area (Å²) in [6, 6.07) is 10.0. The summed E-state index contributed by atoms with van der Waals surface area (Å²) in [6.07, 6.45) is 4.84. The SMILES string of the molecule is CC(C)(C)OC(=O)C=CC(N)CCc1ccccc1. The minimum atomic E-state index is -0.463. The van der Waals surface area contributed by atoms with Gasteiger partial charge in [-0.15, -0.1) is 0 Å². The van der Waals surface area contributed by atoms with E-state index in [4.69, 9.17) is 10.5 Å². The van der Waals surface area contributed by atoms with Crippen LogP contribution in [-0.2, 0) is 16.0 Å². The van der Waals surface area contributed by atoms with Crippen molar-refractivity contribution in [3.05, 3.63) is 48.0 Å². The van der Waals surface area contributed by atoms with Crippen LogP contribution in [-0.4, -0.2) is 17.6 Å². The number of hydrogen-bond acceptors (Lipinski definition) is 3.